The number of benzene rings is 2. The van der Waals surface area contributed by atoms with Gasteiger partial charge in [-0.2, -0.15) is 0 Å². The summed E-state index contributed by atoms with van der Waals surface area (Å²) in [4.78, 5) is 17.4. The summed E-state index contributed by atoms with van der Waals surface area (Å²) >= 11 is 10.0. The normalized spacial score (nSPS) is 16.2. The molecule has 180 valence electrons. The van der Waals surface area contributed by atoms with Gasteiger partial charge in [0.25, 0.3) is 0 Å². The van der Waals surface area contributed by atoms with Crippen LogP contribution in [0.15, 0.2) is 42.5 Å². The lowest BCUT2D eigenvalue weighted by molar-refractivity contribution is -0.131. The van der Waals surface area contributed by atoms with Crippen LogP contribution >= 0.6 is 23.2 Å². The molecule has 2 N–H and O–H groups in total. The quantitative estimate of drug-likeness (QED) is 0.372. The highest BCUT2D eigenvalue weighted by atomic mass is 35.5. The average molecular weight is 513 g/mol. The van der Waals surface area contributed by atoms with E-state index in [9.17, 15) is 9.00 Å². The van der Waals surface area contributed by atoms with Gasteiger partial charge in [-0.1, -0.05) is 53.5 Å². The number of nitrogens with zero attached hydrogens (tertiary/aromatic N) is 3. The molecule has 1 aliphatic heterocycles. The van der Waals surface area contributed by atoms with E-state index in [1.54, 1.807) is 12.1 Å². The number of hydrogen-bond donors (Lipinski definition) is 2. The Morgan fingerprint density at radius 3 is 2.52 bits per heavy atom. The summed E-state index contributed by atoms with van der Waals surface area (Å²) in [7, 11) is 3.35. The molecular weight excluding hydrogens is 483 g/mol. The van der Waals surface area contributed by atoms with Crippen LogP contribution in [-0.2, 0) is 29.0 Å². The maximum atomic E-state index is 13.2. The van der Waals surface area contributed by atoms with Gasteiger partial charge in [-0.15, -0.1) is 4.41 Å². The highest BCUT2D eigenvalue weighted by Crippen LogP contribution is 2.26. The zero-order valence-corrected chi connectivity index (χ0v) is 21.2. The van der Waals surface area contributed by atoms with Crippen LogP contribution in [0.4, 0.5) is 0 Å². The lowest BCUT2D eigenvalue weighted by Gasteiger charge is -2.32. The molecule has 0 aromatic heterocycles. The highest BCUT2D eigenvalue weighted by molar-refractivity contribution is 7.76. The number of carbonyl (C=O) groups excluding carboxylic acids is 1. The van der Waals surface area contributed by atoms with Gasteiger partial charge in [0, 0.05) is 27.2 Å². The van der Waals surface area contributed by atoms with Crippen molar-refractivity contribution in [2.75, 3.05) is 33.7 Å². The van der Waals surface area contributed by atoms with E-state index >= 15 is 0 Å². The predicted octanol–water partition coefficient (Wildman–Crippen LogP) is 3.90. The molecule has 1 fully saturated rings. The zero-order chi connectivity index (χ0) is 24.0. The van der Waals surface area contributed by atoms with Gasteiger partial charge in [0.1, 0.15) is 0 Å². The third kappa shape index (κ3) is 7.48. The summed E-state index contributed by atoms with van der Waals surface area (Å²) in [6, 6.07) is 13.1. The van der Waals surface area contributed by atoms with Crippen LogP contribution in [0.3, 0.4) is 0 Å². The summed E-state index contributed by atoms with van der Waals surface area (Å²) < 4.78 is 21.5. The fourth-order valence-electron chi connectivity index (χ4n) is 3.95. The lowest BCUT2D eigenvalue weighted by atomic mass is 10.0. The van der Waals surface area contributed by atoms with Gasteiger partial charge in [-0.3, -0.25) is 9.35 Å². The molecule has 1 heterocycles. The van der Waals surface area contributed by atoms with Crippen LogP contribution in [0.2, 0.25) is 10.0 Å². The summed E-state index contributed by atoms with van der Waals surface area (Å²) in [6.45, 7) is 3.20. The van der Waals surface area contributed by atoms with E-state index in [1.807, 2.05) is 42.3 Å². The van der Waals surface area contributed by atoms with E-state index in [1.165, 1.54) is 19.9 Å². The minimum absolute atomic E-state index is 0.00322. The second-order valence-electron chi connectivity index (χ2n) is 8.26. The standard InChI is InChI=1S/C23H30Cl2N4O3S/c1-27(23(30)14-17-8-9-20(24)21(25)13-17)22(16-29-10-3-4-11-29)19-7-5-6-18(12-19)15-26-28(2)33(31)32/h5-9,12-13,22,26H,3-4,10-11,14-16H2,1-2H3,(H,31,32). The van der Waals surface area contributed by atoms with Crippen LogP contribution in [0.1, 0.15) is 35.6 Å². The van der Waals surface area contributed by atoms with Crippen molar-refractivity contribution < 1.29 is 13.6 Å². The summed E-state index contributed by atoms with van der Waals surface area (Å²) in [5, 5.41) is 0.904. The highest BCUT2D eigenvalue weighted by Gasteiger charge is 2.26. The maximum Gasteiger partial charge on any atom is 0.248 e. The number of hydrogen-bond acceptors (Lipinski definition) is 4. The Balaban J connectivity index is 1.78. The van der Waals surface area contributed by atoms with Crippen molar-refractivity contribution >= 4 is 40.4 Å². The maximum absolute atomic E-state index is 13.2. The van der Waals surface area contributed by atoms with Crippen molar-refractivity contribution in [2.24, 2.45) is 0 Å². The van der Waals surface area contributed by atoms with Crippen molar-refractivity contribution in [3.8, 4) is 0 Å². The monoisotopic (exact) mass is 512 g/mol. The molecule has 0 radical (unpaired) electrons. The Morgan fingerprint density at radius 1 is 1.12 bits per heavy atom. The van der Waals surface area contributed by atoms with Crippen LogP contribution in [-0.4, -0.2) is 62.6 Å². The van der Waals surface area contributed by atoms with Crippen LogP contribution in [0.5, 0.6) is 0 Å². The van der Waals surface area contributed by atoms with Crippen LogP contribution < -0.4 is 5.43 Å². The smallest absolute Gasteiger partial charge is 0.248 e. The molecule has 2 atom stereocenters. The van der Waals surface area contributed by atoms with E-state index in [0.717, 1.165) is 40.7 Å². The summed E-state index contributed by atoms with van der Waals surface area (Å²) in [5.74, 6) is -0.00322. The second-order valence-corrected chi connectivity index (χ2v) is 10.1. The fourth-order valence-corrected chi connectivity index (χ4v) is 4.45. The van der Waals surface area contributed by atoms with Gasteiger partial charge >= 0.3 is 0 Å². The predicted molar refractivity (Wildman–Crippen MR) is 133 cm³/mol. The number of amides is 1. The number of rotatable bonds is 10. The topological polar surface area (TPSA) is 76.1 Å². The molecule has 10 heteroatoms. The van der Waals surface area contributed by atoms with Crippen molar-refractivity contribution in [1.29, 1.82) is 0 Å². The lowest BCUT2D eigenvalue weighted by Crippen LogP contribution is -2.39. The van der Waals surface area contributed by atoms with E-state index in [4.69, 9.17) is 27.8 Å². The van der Waals surface area contributed by atoms with Gasteiger partial charge < -0.3 is 9.80 Å². The van der Waals surface area contributed by atoms with E-state index < -0.39 is 11.3 Å². The Labute approximate surface area is 208 Å². The van der Waals surface area contributed by atoms with Crippen molar-refractivity contribution in [2.45, 2.75) is 31.8 Å². The van der Waals surface area contributed by atoms with E-state index in [2.05, 4.69) is 10.3 Å². The SMILES string of the molecule is CN(C(=O)Cc1ccc(Cl)c(Cl)c1)C(CN1CCCC1)c1cccc(CNN(C)S(=O)O)c1. The minimum Gasteiger partial charge on any atom is -0.337 e. The van der Waals surface area contributed by atoms with Crippen molar-refractivity contribution in [1.82, 2.24) is 19.6 Å². The first-order valence-electron chi connectivity index (χ1n) is 10.8. The van der Waals surface area contributed by atoms with E-state index in [-0.39, 0.29) is 18.4 Å². The zero-order valence-electron chi connectivity index (χ0n) is 18.8. The fraction of sp³-hybridized carbons (Fsp3) is 0.435. The molecule has 33 heavy (non-hydrogen) atoms. The first kappa shape index (κ1) is 26.1. The number of halogens is 2. The number of likely N-dealkylation sites (N-methyl/N-ethyl adjacent to an activating group) is 1. The molecule has 3 rings (SSSR count). The Kier molecular flexibility index (Phi) is 9.69. The molecule has 0 bridgehead atoms. The van der Waals surface area contributed by atoms with Gasteiger partial charge in [0.15, 0.2) is 0 Å². The molecule has 1 aliphatic rings. The summed E-state index contributed by atoms with van der Waals surface area (Å²) in [6.07, 6.45) is 2.57. The minimum atomic E-state index is -2.09. The molecule has 2 aromatic carbocycles. The molecule has 0 saturated carbocycles. The molecule has 2 aromatic rings. The van der Waals surface area contributed by atoms with Gasteiger partial charge in [0.2, 0.25) is 17.2 Å². The Bertz CT molecular complexity index is 988. The summed E-state index contributed by atoms with van der Waals surface area (Å²) in [5.41, 5.74) is 5.71. The molecule has 7 nitrogen and oxygen atoms in total. The van der Waals surface area contributed by atoms with Crippen LogP contribution in [0, 0.1) is 0 Å². The number of carbonyl (C=O) groups is 1. The first-order chi connectivity index (χ1) is 15.7. The van der Waals surface area contributed by atoms with Crippen LogP contribution in [0.25, 0.3) is 0 Å². The first-order valence-corrected chi connectivity index (χ1v) is 12.7. The Morgan fingerprint density at radius 2 is 1.85 bits per heavy atom. The Hall–Kier alpha value is -1.52. The van der Waals surface area contributed by atoms with Crippen molar-refractivity contribution in [3.63, 3.8) is 0 Å². The van der Waals surface area contributed by atoms with Gasteiger partial charge in [-0.25, -0.2) is 9.63 Å². The van der Waals surface area contributed by atoms with Gasteiger partial charge in [0.05, 0.1) is 22.5 Å². The number of likely N-dealkylation sites (tertiary alicyclic amines) is 1. The average Bonchev–Trinajstić information content (AvgIpc) is 3.31. The molecule has 0 spiro atoms. The molecule has 1 saturated heterocycles. The van der Waals surface area contributed by atoms with Crippen molar-refractivity contribution in [3.05, 3.63) is 69.2 Å². The molecular formula is C23H30Cl2N4O3S. The third-order valence-electron chi connectivity index (χ3n) is 5.91. The van der Waals surface area contributed by atoms with E-state index in [0.29, 0.717) is 16.6 Å². The molecule has 0 aliphatic carbocycles. The third-order valence-corrected chi connectivity index (χ3v) is 7.24. The number of hydrazine groups is 1. The molecule has 1 amide bonds. The second kappa shape index (κ2) is 12.3. The largest absolute Gasteiger partial charge is 0.337 e. The number of nitrogens with one attached hydrogen (secondary N) is 1. The van der Waals surface area contributed by atoms with Gasteiger partial charge in [-0.05, 0) is 54.8 Å². The molecule has 2 unspecified atom stereocenters.